The first-order valence-corrected chi connectivity index (χ1v) is 11.1. The molecule has 1 amide bonds. The van der Waals surface area contributed by atoms with Crippen molar-refractivity contribution in [1.29, 1.82) is 0 Å². The number of carbonyl (C=O) groups excluding carboxylic acids is 1. The highest BCUT2D eigenvalue weighted by Crippen LogP contribution is 2.29. The lowest BCUT2D eigenvalue weighted by Crippen LogP contribution is -2.39. The van der Waals surface area contributed by atoms with Crippen molar-refractivity contribution in [2.75, 3.05) is 26.1 Å². The van der Waals surface area contributed by atoms with E-state index in [-0.39, 0.29) is 17.5 Å². The third kappa shape index (κ3) is 6.25. The molecule has 3 rings (SSSR count). The maximum Gasteiger partial charge on any atom is 0.261 e. The molecular weight excluding hydrogens is 420 g/mol. The van der Waals surface area contributed by atoms with Gasteiger partial charge in [-0.3, -0.25) is 14.2 Å². The predicted octanol–water partition coefficient (Wildman–Crippen LogP) is 3.45. The van der Waals surface area contributed by atoms with Crippen LogP contribution in [0.2, 0.25) is 0 Å². The van der Waals surface area contributed by atoms with Gasteiger partial charge in [-0.2, -0.15) is 0 Å². The second-order valence-corrected chi connectivity index (χ2v) is 8.24. The molecule has 1 unspecified atom stereocenters. The van der Waals surface area contributed by atoms with E-state index in [9.17, 15) is 9.59 Å². The van der Waals surface area contributed by atoms with Crippen LogP contribution in [0.25, 0.3) is 10.9 Å². The van der Waals surface area contributed by atoms with Crippen molar-refractivity contribution >= 4 is 22.5 Å². The zero-order valence-corrected chi connectivity index (χ0v) is 19.6. The number of nitrogens with zero attached hydrogens (tertiary/aromatic N) is 2. The summed E-state index contributed by atoms with van der Waals surface area (Å²) in [6.07, 6.45) is 2.37. The van der Waals surface area contributed by atoms with Gasteiger partial charge < -0.3 is 20.1 Å². The minimum Gasteiger partial charge on any atom is -0.493 e. The van der Waals surface area contributed by atoms with E-state index in [0.29, 0.717) is 54.3 Å². The van der Waals surface area contributed by atoms with Crippen molar-refractivity contribution in [2.24, 2.45) is 5.92 Å². The molecule has 8 heteroatoms. The van der Waals surface area contributed by atoms with E-state index in [1.54, 1.807) is 12.1 Å². The average molecular weight is 453 g/mol. The quantitative estimate of drug-likeness (QED) is 0.463. The van der Waals surface area contributed by atoms with Gasteiger partial charge in [0.2, 0.25) is 5.91 Å². The Morgan fingerprint density at radius 2 is 1.79 bits per heavy atom. The molecule has 0 aliphatic heterocycles. The fourth-order valence-corrected chi connectivity index (χ4v) is 3.57. The number of hydrogen-bond acceptors (Lipinski definition) is 6. The van der Waals surface area contributed by atoms with Crippen LogP contribution in [0.15, 0.2) is 53.6 Å². The summed E-state index contributed by atoms with van der Waals surface area (Å²) in [7, 11) is 3.06. The van der Waals surface area contributed by atoms with E-state index in [1.165, 1.54) is 25.1 Å². The van der Waals surface area contributed by atoms with Crippen molar-refractivity contribution in [3.8, 4) is 11.5 Å². The Labute approximate surface area is 193 Å². The van der Waals surface area contributed by atoms with Crippen LogP contribution < -0.4 is 25.7 Å². The molecule has 0 aliphatic carbocycles. The van der Waals surface area contributed by atoms with Gasteiger partial charge in [-0.1, -0.05) is 32.0 Å². The van der Waals surface area contributed by atoms with Crippen LogP contribution in [0.4, 0.5) is 5.69 Å². The molecule has 0 fully saturated rings. The van der Waals surface area contributed by atoms with Crippen LogP contribution in [0.1, 0.15) is 26.7 Å². The number of carbonyl (C=O) groups is 1. The molecule has 0 saturated carbocycles. The molecule has 1 atom stereocenters. The molecule has 2 N–H and O–H groups in total. The Morgan fingerprint density at radius 1 is 1.09 bits per heavy atom. The molecule has 2 aromatic carbocycles. The summed E-state index contributed by atoms with van der Waals surface area (Å²) in [5.41, 5.74) is 1.40. The van der Waals surface area contributed by atoms with E-state index >= 15 is 0 Å². The number of ether oxygens (including phenoxy) is 2. The van der Waals surface area contributed by atoms with Crippen LogP contribution >= 0.6 is 0 Å². The second kappa shape index (κ2) is 11.4. The van der Waals surface area contributed by atoms with E-state index < -0.39 is 0 Å². The number of fused-ring (bicyclic) bond motifs is 1. The summed E-state index contributed by atoms with van der Waals surface area (Å²) in [5.74, 6) is 1.31. The summed E-state index contributed by atoms with van der Waals surface area (Å²) >= 11 is 0. The minimum absolute atomic E-state index is 0.0382. The van der Waals surface area contributed by atoms with E-state index in [0.717, 1.165) is 5.69 Å². The van der Waals surface area contributed by atoms with Gasteiger partial charge in [-0.05, 0) is 30.5 Å². The number of anilines is 1. The number of rotatable bonds is 11. The van der Waals surface area contributed by atoms with Crippen molar-refractivity contribution in [1.82, 2.24) is 14.9 Å². The number of para-hydroxylation sites is 1. The summed E-state index contributed by atoms with van der Waals surface area (Å²) < 4.78 is 12.1. The smallest absolute Gasteiger partial charge is 0.261 e. The molecule has 3 aromatic rings. The third-order valence-electron chi connectivity index (χ3n) is 5.58. The zero-order valence-electron chi connectivity index (χ0n) is 19.6. The van der Waals surface area contributed by atoms with Gasteiger partial charge in [0.15, 0.2) is 11.5 Å². The molecular formula is C25H32N4O4. The number of methoxy groups -OCH3 is 2. The van der Waals surface area contributed by atoms with Crippen molar-refractivity contribution in [3.05, 3.63) is 59.1 Å². The average Bonchev–Trinajstić information content (AvgIpc) is 2.82. The molecule has 0 spiro atoms. The van der Waals surface area contributed by atoms with E-state index in [1.807, 2.05) is 30.3 Å². The third-order valence-corrected chi connectivity index (χ3v) is 5.58. The van der Waals surface area contributed by atoms with Crippen LogP contribution in [0, 0.1) is 5.92 Å². The fraction of sp³-hybridized carbons (Fsp3) is 0.400. The van der Waals surface area contributed by atoms with Crippen LogP contribution in [-0.2, 0) is 11.3 Å². The Bertz CT molecular complexity index is 1130. The van der Waals surface area contributed by atoms with Gasteiger partial charge in [-0.25, -0.2) is 4.98 Å². The number of hydrogen-bond donors (Lipinski definition) is 2. The Balaban J connectivity index is 1.55. The van der Waals surface area contributed by atoms with Crippen molar-refractivity contribution in [3.63, 3.8) is 0 Å². The first-order chi connectivity index (χ1) is 15.9. The first kappa shape index (κ1) is 24.1. The van der Waals surface area contributed by atoms with Crippen molar-refractivity contribution < 1.29 is 14.3 Å². The maximum atomic E-state index is 12.9. The molecule has 33 heavy (non-hydrogen) atoms. The topological polar surface area (TPSA) is 94.5 Å². The molecule has 8 nitrogen and oxygen atoms in total. The highest BCUT2D eigenvalue weighted by Gasteiger charge is 2.15. The SMILES string of the molecule is COc1cc2ncn(CCCC(=O)NCC(Nc3ccccc3)C(C)C)c(=O)c2cc1OC. The number of aromatic nitrogens is 2. The van der Waals surface area contributed by atoms with Gasteiger partial charge in [-0.15, -0.1) is 0 Å². The van der Waals surface area contributed by atoms with Gasteiger partial charge in [0.25, 0.3) is 5.56 Å². The summed E-state index contributed by atoms with van der Waals surface area (Å²) in [6.45, 7) is 5.18. The van der Waals surface area contributed by atoms with Crippen LogP contribution in [0.3, 0.4) is 0 Å². The number of nitrogens with one attached hydrogen (secondary N) is 2. The zero-order chi connectivity index (χ0) is 23.8. The predicted molar refractivity (Wildman–Crippen MR) is 130 cm³/mol. The highest BCUT2D eigenvalue weighted by molar-refractivity contribution is 5.81. The Hall–Kier alpha value is -3.55. The van der Waals surface area contributed by atoms with Gasteiger partial charge >= 0.3 is 0 Å². The molecule has 0 saturated heterocycles. The van der Waals surface area contributed by atoms with Crippen LogP contribution in [-0.4, -0.2) is 42.3 Å². The fourth-order valence-electron chi connectivity index (χ4n) is 3.57. The number of amides is 1. The van der Waals surface area contributed by atoms with Gasteiger partial charge in [0.1, 0.15) is 0 Å². The molecule has 1 aromatic heterocycles. The Morgan fingerprint density at radius 3 is 2.45 bits per heavy atom. The van der Waals surface area contributed by atoms with Crippen LogP contribution in [0.5, 0.6) is 11.5 Å². The summed E-state index contributed by atoms with van der Waals surface area (Å²) in [4.78, 5) is 29.6. The molecule has 0 radical (unpaired) electrons. The Kier molecular flexibility index (Phi) is 8.29. The van der Waals surface area contributed by atoms with Gasteiger partial charge in [0, 0.05) is 37.3 Å². The normalized spacial score (nSPS) is 11.9. The number of benzene rings is 2. The lowest BCUT2D eigenvalue weighted by molar-refractivity contribution is -0.121. The number of aryl methyl sites for hydroxylation is 1. The second-order valence-electron chi connectivity index (χ2n) is 8.24. The molecule has 1 heterocycles. The summed E-state index contributed by atoms with van der Waals surface area (Å²) in [6, 6.07) is 13.4. The highest BCUT2D eigenvalue weighted by atomic mass is 16.5. The first-order valence-electron chi connectivity index (χ1n) is 11.1. The molecule has 176 valence electrons. The van der Waals surface area contributed by atoms with Crippen molar-refractivity contribution in [2.45, 2.75) is 39.3 Å². The lowest BCUT2D eigenvalue weighted by Gasteiger charge is -2.24. The standard InChI is InChI=1S/C25H32N4O4/c1-17(2)21(28-18-9-6-5-7-10-18)15-26-24(30)11-8-12-29-16-27-20-14-23(33-4)22(32-3)13-19(20)25(29)31/h5-7,9-10,13-14,16-17,21,28H,8,11-12,15H2,1-4H3,(H,26,30). The summed E-state index contributed by atoms with van der Waals surface area (Å²) in [5, 5.41) is 6.93. The molecule has 0 bridgehead atoms. The maximum absolute atomic E-state index is 12.9. The van der Waals surface area contributed by atoms with E-state index in [4.69, 9.17) is 9.47 Å². The van der Waals surface area contributed by atoms with Gasteiger partial charge in [0.05, 0.1) is 31.4 Å². The minimum atomic E-state index is -0.173. The lowest BCUT2D eigenvalue weighted by atomic mass is 10.0. The largest absolute Gasteiger partial charge is 0.493 e. The van der Waals surface area contributed by atoms with E-state index in [2.05, 4.69) is 29.5 Å². The monoisotopic (exact) mass is 452 g/mol. The molecule has 0 aliphatic rings.